The largest absolute Gasteiger partial charge is 0.310 e. The first kappa shape index (κ1) is 36.6. The molecule has 2 aliphatic carbocycles. The zero-order valence-corrected chi connectivity index (χ0v) is 35.9. The van der Waals surface area contributed by atoms with E-state index in [-0.39, 0.29) is 10.8 Å². The monoisotopic (exact) mass is 793 g/mol. The molecule has 0 saturated heterocycles. The number of nitrogens with zero attached hydrogens (tertiary/aromatic N) is 1. The molecule has 62 heavy (non-hydrogen) atoms. The van der Waals surface area contributed by atoms with Gasteiger partial charge in [0.15, 0.2) is 0 Å². The van der Waals surface area contributed by atoms with Gasteiger partial charge in [-0.2, -0.15) is 0 Å². The predicted molar refractivity (Wildman–Crippen MR) is 264 cm³/mol. The maximum absolute atomic E-state index is 2.58. The lowest BCUT2D eigenvalue weighted by Gasteiger charge is -2.33. The molecule has 2 aliphatic rings. The van der Waals surface area contributed by atoms with E-state index >= 15 is 0 Å². The highest BCUT2D eigenvalue weighted by atomic mass is 15.1. The molecular formula is C61H47N. The van der Waals surface area contributed by atoms with Crippen LogP contribution in [-0.4, -0.2) is 0 Å². The van der Waals surface area contributed by atoms with Crippen molar-refractivity contribution >= 4 is 49.4 Å². The fourth-order valence-electron chi connectivity index (χ4n) is 11.3. The van der Waals surface area contributed by atoms with Crippen molar-refractivity contribution in [3.8, 4) is 44.5 Å². The van der Waals surface area contributed by atoms with E-state index in [4.69, 9.17) is 0 Å². The molecule has 0 bridgehead atoms. The lowest BCUT2D eigenvalue weighted by molar-refractivity contribution is 0.660. The highest BCUT2D eigenvalue weighted by Crippen LogP contribution is 2.55. The van der Waals surface area contributed by atoms with Gasteiger partial charge >= 0.3 is 0 Å². The second-order valence-electron chi connectivity index (χ2n) is 18.5. The van der Waals surface area contributed by atoms with Crippen LogP contribution in [0.4, 0.5) is 17.1 Å². The summed E-state index contributed by atoms with van der Waals surface area (Å²) in [5.41, 5.74) is 20.1. The Balaban J connectivity index is 1.17. The van der Waals surface area contributed by atoms with E-state index in [2.05, 4.69) is 234 Å². The summed E-state index contributed by atoms with van der Waals surface area (Å²) in [6.45, 7) is 11.9. The highest BCUT2D eigenvalue weighted by molar-refractivity contribution is 6.14. The predicted octanol–water partition coefficient (Wildman–Crippen LogP) is 16.9. The molecule has 12 rings (SSSR count). The molecular weight excluding hydrogens is 747 g/mol. The van der Waals surface area contributed by atoms with Gasteiger partial charge in [0.2, 0.25) is 0 Å². The number of hydrogen-bond acceptors (Lipinski definition) is 1. The van der Waals surface area contributed by atoms with Crippen LogP contribution in [0.2, 0.25) is 0 Å². The Hall–Kier alpha value is -7.22. The Morgan fingerprint density at radius 2 is 0.806 bits per heavy atom. The summed E-state index contributed by atoms with van der Waals surface area (Å²) in [5, 5.41) is 7.55. The Labute approximate surface area is 364 Å². The van der Waals surface area contributed by atoms with Gasteiger partial charge in [-0.25, -0.2) is 0 Å². The van der Waals surface area contributed by atoms with Crippen LogP contribution in [0.5, 0.6) is 0 Å². The van der Waals surface area contributed by atoms with E-state index in [0.717, 1.165) is 11.4 Å². The molecule has 1 nitrogen and oxygen atoms in total. The number of benzene rings is 10. The van der Waals surface area contributed by atoms with Gasteiger partial charge in [0.1, 0.15) is 0 Å². The average Bonchev–Trinajstić information content (AvgIpc) is 3.68. The number of rotatable bonds is 5. The normalized spacial score (nSPS) is 14.1. The molecule has 0 N–H and O–H groups in total. The third-order valence-corrected chi connectivity index (χ3v) is 14.3. The van der Waals surface area contributed by atoms with Crippen LogP contribution < -0.4 is 4.90 Å². The SMILES string of the molecule is Cc1cc(-c2cc3ccccc3c3ccccc23)cc(-c2cccc3ccccc23)c1N(c1ccc2c(c1)C(C)(C)c1ccccc1-2)c1ccc2c(c1)C(C)(C)c1ccccc1-2. The Morgan fingerprint density at radius 1 is 0.323 bits per heavy atom. The summed E-state index contributed by atoms with van der Waals surface area (Å²) < 4.78 is 0. The summed E-state index contributed by atoms with van der Waals surface area (Å²) >= 11 is 0. The van der Waals surface area contributed by atoms with E-state index in [1.807, 2.05) is 0 Å². The fourth-order valence-corrected chi connectivity index (χ4v) is 11.3. The minimum absolute atomic E-state index is 0.149. The van der Waals surface area contributed by atoms with Gasteiger partial charge < -0.3 is 4.90 Å². The van der Waals surface area contributed by atoms with Crippen molar-refractivity contribution in [2.45, 2.75) is 45.4 Å². The van der Waals surface area contributed by atoms with Crippen molar-refractivity contribution in [3.63, 3.8) is 0 Å². The van der Waals surface area contributed by atoms with Gasteiger partial charge in [0.25, 0.3) is 0 Å². The zero-order valence-electron chi connectivity index (χ0n) is 35.9. The molecule has 0 radical (unpaired) electrons. The highest BCUT2D eigenvalue weighted by Gasteiger charge is 2.38. The summed E-state index contributed by atoms with van der Waals surface area (Å²) in [6.07, 6.45) is 0. The molecule has 0 unspecified atom stereocenters. The summed E-state index contributed by atoms with van der Waals surface area (Å²) in [7, 11) is 0. The fraction of sp³-hybridized carbons (Fsp3) is 0.115. The molecule has 10 aromatic carbocycles. The number of hydrogen-bond donors (Lipinski definition) is 0. The third-order valence-electron chi connectivity index (χ3n) is 14.3. The second kappa shape index (κ2) is 13.4. The van der Waals surface area contributed by atoms with E-state index < -0.39 is 0 Å². The van der Waals surface area contributed by atoms with Gasteiger partial charge in [-0.1, -0.05) is 179 Å². The van der Waals surface area contributed by atoms with Crippen molar-refractivity contribution in [2.24, 2.45) is 0 Å². The Morgan fingerprint density at radius 3 is 1.45 bits per heavy atom. The molecule has 0 amide bonds. The van der Waals surface area contributed by atoms with Gasteiger partial charge in [-0.3, -0.25) is 0 Å². The molecule has 0 spiro atoms. The lowest BCUT2D eigenvalue weighted by Crippen LogP contribution is -2.18. The quantitative estimate of drug-likeness (QED) is 0.157. The summed E-state index contributed by atoms with van der Waals surface area (Å²) in [6, 6.07) is 73.1. The first-order chi connectivity index (χ1) is 30.2. The second-order valence-corrected chi connectivity index (χ2v) is 18.5. The number of aryl methyl sites for hydroxylation is 1. The van der Waals surface area contributed by atoms with Crippen molar-refractivity contribution in [3.05, 3.63) is 222 Å². The first-order valence-corrected chi connectivity index (χ1v) is 22.0. The molecule has 10 aromatic rings. The minimum Gasteiger partial charge on any atom is -0.310 e. The van der Waals surface area contributed by atoms with Crippen LogP contribution in [0.25, 0.3) is 76.8 Å². The molecule has 0 heterocycles. The topological polar surface area (TPSA) is 3.24 Å². The van der Waals surface area contributed by atoms with Crippen LogP contribution in [0.1, 0.15) is 55.5 Å². The summed E-state index contributed by atoms with van der Waals surface area (Å²) in [4.78, 5) is 2.58. The number of anilines is 3. The maximum Gasteiger partial charge on any atom is 0.0569 e. The van der Waals surface area contributed by atoms with Gasteiger partial charge in [0.05, 0.1) is 5.69 Å². The van der Waals surface area contributed by atoms with Crippen molar-refractivity contribution < 1.29 is 0 Å². The smallest absolute Gasteiger partial charge is 0.0569 e. The lowest BCUT2D eigenvalue weighted by atomic mass is 9.82. The van der Waals surface area contributed by atoms with Crippen LogP contribution in [-0.2, 0) is 10.8 Å². The molecule has 0 fully saturated rings. The van der Waals surface area contributed by atoms with E-state index in [1.165, 1.54) is 110 Å². The average molecular weight is 794 g/mol. The van der Waals surface area contributed by atoms with Crippen LogP contribution >= 0.6 is 0 Å². The van der Waals surface area contributed by atoms with Gasteiger partial charge in [-0.15, -0.1) is 0 Å². The summed E-state index contributed by atoms with van der Waals surface area (Å²) in [5.74, 6) is 0. The zero-order chi connectivity index (χ0) is 41.9. The van der Waals surface area contributed by atoms with Crippen molar-refractivity contribution in [1.29, 1.82) is 0 Å². The minimum atomic E-state index is -0.149. The maximum atomic E-state index is 2.58. The van der Waals surface area contributed by atoms with E-state index in [1.54, 1.807) is 0 Å². The molecule has 296 valence electrons. The molecule has 1 heteroatoms. The molecule has 0 saturated carbocycles. The molecule has 0 aromatic heterocycles. The van der Waals surface area contributed by atoms with Crippen LogP contribution in [0, 0.1) is 6.92 Å². The first-order valence-electron chi connectivity index (χ1n) is 22.0. The van der Waals surface area contributed by atoms with Gasteiger partial charge in [0, 0.05) is 27.8 Å². The van der Waals surface area contributed by atoms with E-state index in [9.17, 15) is 0 Å². The van der Waals surface area contributed by atoms with Crippen molar-refractivity contribution in [2.75, 3.05) is 4.90 Å². The number of fused-ring (bicyclic) bond motifs is 10. The molecule has 0 aliphatic heterocycles. The Kier molecular flexibility index (Phi) is 7.91. The van der Waals surface area contributed by atoms with Crippen LogP contribution in [0.15, 0.2) is 194 Å². The third kappa shape index (κ3) is 5.28. The van der Waals surface area contributed by atoms with Crippen molar-refractivity contribution in [1.82, 2.24) is 0 Å². The molecule has 0 atom stereocenters. The van der Waals surface area contributed by atoms with Crippen LogP contribution in [0.3, 0.4) is 0 Å². The van der Waals surface area contributed by atoms with E-state index in [0.29, 0.717) is 0 Å². The Bertz CT molecular complexity index is 3380. The van der Waals surface area contributed by atoms with Gasteiger partial charge in [-0.05, 0) is 148 Å². The standard InChI is InChI=1S/C61H47N/c1-38-33-41(53-34-40-18-7-9-21-45(40)46-22-10-11-23-48(46)53)35-54(47-26-16-19-39-17-6-8-20-44(39)47)59(38)62(42-29-31-51-49-24-12-14-27-55(49)60(2,3)57(51)36-42)43-30-32-52-50-25-13-15-28-56(50)61(4,5)58(52)37-43/h6-37H,1-5H3.